The van der Waals surface area contributed by atoms with Gasteiger partial charge in [-0.2, -0.15) is 5.10 Å². The SMILES string of the molecule is O=C(NCc1cn[nH]c1)c1ccc(Cl)cc1Br. The predicted molar refractivity (Wildman–Crippen MR) is 68.9 cm³/mol. The van der Waals surface area contributed by atoms with E-state index in [0.29, 0.717) is 21.6 Å². The van der Waals surface area contributed by atoms with Gasteiger partial charge in [0.25, 0.3) is 5.91 Å². The minimum atomic E-state index is -0.158. The summed E-state index contributed by atoms with van der Waals surface area (Å²) in [5.74, 6) is -0.158. The number of carbonyl (C=O) groups excluding carboxylic acids is 1. The molecule has 1 amide bonds. The Morgan fingerprint density at radius 2 is 2.35 bits per heavy atom. The van der Waals surface area contributed by atoms with E-state index in [1.165, 1.54) is 0 Å². The molecule has 0 saturated carbocycles. The molecular weight excluding hydrogens is 305 g/mol. The first-order valence-electron chi connectivity index (χ1n) is 4.88. The number of aromatic nitrogens is 2. The Morgan fingerprint density at radius 3 is 3.00 bits per heavy atom. The second kappa shape index (κ2) is 5.33. The number of benzene rings is 1. The van der Waals surface area contributed by atoms with Gasteiger partial charge in [0.1, 0.15) is 0 Å². The summed E-state index contributed by atoms with van der Waals surface area (Å²) < 4.78 is 0.676. The second-order valence-electron chi connectivity index (χ2n) is 3.41. The van der Waals surface area contributed by atoms with Crippen LogP contribution in [0.25, 0.3) is 0 Å². The largest absolute Gasteiger partial charge is 0.348 e. The lowest BCUT2D eigenvalue weighted by Crippen LogP contribution is -2.22. The summed E-state index contributed by atoms with van der Waals surface area (Å²) >= 11 is 9.11. The van der Waals surface area contributed by atoms with Crippen molar-refractivity contribution in [2.75, 3.05) is 0 Å². The summed E-state index contributed by atoms with van der Waals surface area (Å²) in [6, 6.07) is 5.05. The van der Waals surface area contributed by atoms with Crippen LogP contribution in [0.15, 0.2) is 35.1 Å². The van der Waals surface area contributed by atoms with E-state index >= 15 is 0 Å². The Labute approximate surface area is 111 Å². The van der Waals surface area contributed by atoms with Gasteiger partial charge in [0.15, 0.2) is 0 Å². The van der Waals surface area contributed by atoms with E-state index in [2.05, 4.69) is 31.4 Å². The van der Waals surface area contributed by atoms with E-state index in [1.54, 1.807) is 30.6 Å². The summed E-state index contributed by atoms with van der Waals surface area (Å²) in [5, 5.41) is 9.86. The fraction of sp³-hybridized carbons (Fsp3) is 0.0909. The van der Waals surface area contributed by atoms with Crippen molar-refractivity contribution in [3.05, 3.63) is 51.2 Å². The van der Waals surface area contributed by atoms with Crippen molar-refractivity contribution in [2.24, 2.45) is 0 Å². The molecule has 1 aromatic carbocycles. The number of hydrogen-bond acceptors (Lipinski definition) is 2. The van der Waals surface area contributed by atoms with E-state index in [1.807, 2.05) is 0 Å². The number of nitrogens with zero attached hydrogens (tertiary/aromatic N) is 1. The number of rotatable bonds is 3. The molecule has 2 aromatic rings. The van der Waals surface area contributed by atoms with Crippen molar-refractivity contribution < 1.29 is 4.79 Å². The molecule has 0 aliphatic carbocycles. The van der Waals surface area contributed by atoms with Crippen molar-refractivity contribution in [1.82, 2.24) is 15.5 Å². The molecule has 1 aromatic heterocycles. The second-order valence-corrected chi connectivity index (χ2v) is 4.70. The molecule has 0 aliphatic heterocycles. The van der Waals surface area contributed by atoms with Crippen LogP contribution in [0.2, 0.25) is 5.02 Å². The third-order valence-electron chi connectivity index (χ3n) is 2.18. The first-order chi connectivity index (χ1) is 8.16. The molecule has 0 atom stereocenters. The van der Waals surface area contributed by atoms with Gasteiger partial charge in [0, 0.05) is 27.8 Å². The number of nitrogens with one attached hydrogen (secondary N) is 2. The maximum atomic E-state index is 11.9. The zero-order valence-corrected chi connectivity index (χ0v) is 11.0. The lowest BCUT2D eigenvalue weighted by atomic mass is 10.2. The average molecular weight is 315 g/mol. The highest BCUT2D eigenvalue weighted by atomic mass is 79.9. The molecule has 2 rings (SSSR count). The van der Waals surface area contributed by atoms with Gasteiger partial charge in [-0.25, -0.2) is 0 Å². The summed E-state index contributed by atoms with van der Waals surface area (Å²) in [7, 11) is 0. The Bertz CT molecular complexity index is 528. The Balaban J connectivity index is 2.04. The summed E-state index contributed by atoms with van der Waals surface area (Å²) in [6.45, 7) is 0.435. The van der Waals surface area contributed by atoms with Gasteiger partial charge in [-0.05, 0) is 34.1 Å². The van der Waals surface area contributed by atoms with E-state index in [-0.39, 0.29) is 5.91 Å². The molecule has 88 valence electrons. The van der Waals surface area contributed by atoms with Crippen molar-refractivity contribution >= 4 is 33.4 Å². The van der Waals surface area contributed by atoms with Crippen LogP contribution in [0.5, 0.6) is 0 Å². The molecule has 2 N–H and O–H groups in total. The van der Waals surface area contributed by atoms with Gasteiger partial charge in [0.05, 0.1) is 11.8 Å². The number of aromatic amines is 1. The van der Waals surface area contributed by atoms with Crippen LogP contribution in [0, 0.1) is 0 Å². The van der Waals surface area contributed by atoms with Gasteiger partial charge in [0.2, 0.25) is 0 Å². The molecule has 0 aliphatic rings. The maximum absolute atomic E-state index is 11.9. The third kappa shape index (κ3) is 3.08. The fourth-order valence-electron chi connectivity index (χ4n) is 1.33. The van der Waals surface area contributed by atoms with Crippen molar-refractivity contribution in [2.45, 2.75) is 6.54 Å². The van der Waals surface area contributed by atoms with Crippen LogP contribution in [-0.4, -0.2) is 16.1 Å². The van der Waals surface area contributed by atoms with Crippen LogP contribution in [0.1, 0.15) is 15.9 Å². The molecule has 0 bridgehead atoms. The minimum Gasteiger partial charge on any atom is -0.348 e. The minimum absolute atomic E-state index is 0.158. The molecule has 0 saturated heterocycles. The van der Waals surface area contributed by atoms with Gasteiger partial charge < -0.3 is 5.32 Å². The molecule has 0 spiro atoms. The van der Waals surface area contributed by atoms with Crippen molar-refractivity contribution in [3.8, 4) is 0 Å². The molecule has 6 heteroatoms. The Kier molecular flexibility index (Phi) is 3.81. The van der Waals surface area contributed by atoms with Crippen LogP contribution in [0.4, 0.5) is 0 Å². The van der Waals surface area contributed by atoms with Crippen LogP contribution in [0.3, 0.4) is 0 Å². The Morgan fingerprint density at radius 1 is 1.53 bits per heavy atom. The summed E-state index contributed by atoms with van der Waals surface area (Å²) in [5.41, 5.74) is 1.47. The van der Waals surface area contributed by atoms with Crippen molar-refractivity contribution in [1.29, 1.82) is 0 Å². The summed E-state index contributed by atoms with van der Waals surface area (Å²) in [4.78, 5) is 11.9. The quantitative estimate of drug-likeness (QED) is 0.915. The molecule has 0 fully saturated rings. The Hall–Kier alpha value is -1.33. The molecule has 0 radical (unpaired) electrons. The van der Waals surface area contributed by atoms with E-state index < -0.39 is 0 Å². The normalized spacial score (nSPS) is 10.2. The fourth-order valence-corrected chi connectivity index (χ4v) is 2.19. The number of hydrogen-bond donors (Lipinski definition) is 2. The van der Waals surface area contributed by atoms with Crippen molar-refractivity contribution in [3.63, 3.8) is 0 Å². The van der Waals surface area contributed by atoms with Gasteiger partial charge in [-0.15, -0.1) is 0 Å². The number of H-pyrrole nitrogens is 1. The molecular formula is C11H9BrClN3O. The summed E-state index contributed by atoms with van der Waals surface area (Å²) in [6.07, 6.45) is 3.40. The van der Waals surface area contributed by atoms with Crippen LogP contribution in [-0.2, 0) is 6.54 Å². The monoisotopic (exact) mass is 313 g/mol. The molecule has 4 nitrogen and oxygen atoms in total. The molecule has 1 heterocycles. The number of halogens is 2. The lowest BCUT2D eigenvalue weighted by Gasteiger charge is -2.05. The van der Waals surface area contributed by atoms with Gasteiger partial charge in [-0.3, -0.25) is 9.89 Å². The zero-order chi connectivity index (χ0) is 12.3. The first kappa shape index (κ1) is 12.1. The lowest BCUT2D eigenvalue weighted by molar-refractivity contribution is 0.0950. The van der Waals surface area contributed by atoms with Crippen LogP contribution < -0.4 is 5.32 Å². The highest BCUT2D eigenvalue weighted by Gasteiger charge is 2.09. The topological polar surface area (TPSA) is 57.8 Å². The zero-order valence-electron chi connectivity index (χ0n) is 8.71. The molecule has 0 unspecified atom stereocenters. The van der Waals surface area contributed by atoms with Gasteiger partial charge >= 0.3 is 0 Å². The number of carbonyl (C=O) groups is 1. The maximum Gasteiger partial charge on any atom is 0.252 e. The van der Waals surface area contributed by atoms with E-state index in [0.717, 1.165) is 5.56 Å². The van der Waals surface area contributed by atoms with E-state index in [9.17, 15) is 4.79 Å². The highest BCUT2D eigenvalue weighted by Crippen LogP contribution is 2.21. The predicted octanol–water partition coefficient (Wildman–Crippen LogP) is 2.76. The molecule has 17 heavy (non-hydrogen) atoms. The van der Waals surface area contributed by atoms with E-state index in [4.69, 9.17) is 11.6 Å². The standard InChI is InChI=1S/C11H9BrClN3O/c12-10-3-8(13)1-2-9(10)11(17)14-4-7-5-15-16-6-7/h1-3,5-6H,4H2,(H,14,17)(H,15,16). The number of amides is 1. The third-order valence-corrected chi connectivity index (χ3v) is 3.07. The van der Waals surface area contributed by atoms with Crippen LogP contribution >= 0.6 is 27.5 Å². The average Bonchev–Trinajstić information content (AvgIpc) is 2.78. The smallest absolute Gasteiger partial charge is 0.252 e. The first-order valence-corrected chi connectivity index (χ1v) is 6.05. The van der Waals surface area contributed by atoms with Gasteiger partial charge in [-0.1, -0.05) is 11.6 Å². The highest BCUT2D eigenvalue weighted by molar-refractivity contribution is 9.10.